The van der Waals surface area contributed by atoms with E-state index < -0.39 is 11.4 Å². The van der Waals surface area contributed by atoms with Gasteiger partial charge in [-0.1, -0.05) is 23.9 Å². The van der Waals surface area contributed by atoms with E-state index in [1.54, 1.807) is 6.07 Å². The van der Waals surface area contributed by atoms with Crippen LogP contribution in [0.1, 0.15) is 10.6 Å². The summed E-state index contributed by atoms with van der Waals surface area (Å²) in [5, 5.41) is 7.49. The van der Waals surface area contributed by atoms with Gasteiger partial charge in [0.05, 0.1) is 24.4 Å². The van der Waals surface area contributed by atoms with E-state index in [2.05, 4.69) is 20.6 Å². The van der Waals surface area contributed by atoms with Gasteiger partial charge < -0.3 is 15.6 Å². The molecule has 0 atom stereocenters. The van der Waals surface area contributed by atoms with Crippen LogP contribution in [-0.4, -0.2) is 27.5 Å². The van der Waals surface area contributed by atoms with Crippen molar-refractivity contribution >= 4 is 40.6 Å². The largest absolute Gasteiger partial charge is 0.351 e. The van der Waals surface area contributed by atoms with Crippen LogP contribution in [0.25, 0.3) is 0 Å². The van der Waals surface area contributed by atoms with Gasteiger partial charge in [-0.2, -0.15) is 0 Å². The van der Waals surface area contributed by atoms with Gasteiger partial charge in [-0.15, -0.1) is 11.3 Å². The first-order valence-corrected chi connectivity index (χ1v) is 10.4. The van der Waals surface area contributed by atoms with Crippen molar-refractivity contribution in [3.05, 3.63) is 74.6 Å². The fourth-order valence-corrected chi connectivity index (χ4v) is 3.70. The molecule has 1 aromatic carbocycles. The molecule has 0 unspecified atom stereocenters. The summed E-state index contributed by atoms with van der Waals surface area (Å²) < 4.78 is 13.2. The highest BCUT2D eigenvalue weighted by atomic mass is 32.2. The van der Waals surface area contributed by atoms with Gasteiger partial charge in [-0.05, 0) is 29.6 Å². The molecule has 0 bridgehead atoms. The molecule has 150 valence electrons. The van der Waals surface area contributed by atoms with Crippen molar-refractivity contribution in [3.8, 4) is 0 Å². The number of benzene rings is 1. The average Bonchev–Trinajstić information content (AvgIpc) is 3.18. The molecule has 0 spiro atoms. The number of halogens is 1. The zero-order valence-corrected chi connectivity index (χ0v) is 16.7. The van der Waals surface area contributed by atoms with Crippen LogP contribution in [-0.2, 0) is 22.6 Å². The second-order valence-electron chi connectivity index (χ2n) is 5.92. The van der Waals surface area contributed by atoms with Gasteiger partial charge in [0.1, 0.15) is 5.82 Å². The minimum Gasteiger partial charge on any atom is -0.351 e. The van der Waals surface area contributed by atoms with E-state index in [4.69, 9.17) is 0 Å². The molecule has 0 aliphatic rings. The lowest BCUT2D eigenvalue weighted by Crippen LogP contribution is -2.25. The van der Waals surface area contributed by atoms with Gasteiger partial charge in [0, 0.05) is 16.6 Å². The van der Waals surface area contributed by atoms with E-state index in [1.165, 1.54) is 35.6 Å². The minimum absolute atomic E-state index is 0.0342. The molecule has 7 nitrogen and oxygen atoms in total. The molecule has 3 aromatic rings. The molecule has 3 rings (SSSR count). The molecular formula is C19H17FN4O3S2. The fourth-order valence-electron chi connectivity index (χ4n) is 2.37. The average molecular weight is 433 g/mol. The quantitative estimate of drug-likeness (QED) is 0.375. The lowest BCUT2D eigenvalue weighted by molar-refractivity contribution is -0.120. The molecule has 2 amide bonds. The third-order valence-corrected chi connectivity index (χ3v) is 5.35. The Hall–Kier alpha value is -2.98. The summed E-state index contributed by atoms with van der Waals surface area (Å²) >= 11 is 2.56. The molecule has 0 aliphatic carbocycles. The first-order valence-electron chi connectivity index (χ1n) is 8.55. The first-order chi connectivity index (χ1) is 14.0. The second kappa shape index (κ2) is 9.99. The number of carbonyl (C=O) groups is 2. The van der Waals surface area contributed by atoms with Gasteiger partial charge >= 0.3 is 0 Å². The van der Waals surface area contributed by atoms with Crippen LogP contribution in [0.3, 0.4) is 0 Å². The number of hydrogen-bond acceptors (Lipinski definition) is 6. The number of nitrogens with zero attached hydrogens (tertiary/aromatic N) is 1. The van der Waals surface area contributed by atoms with Gasteiger partial charge in [0.25, 0.3) is 5.56 Å². The van der Waals surface area contributed by atoms with Crippen molar-refractivity contribution in [1.29, 1.82) is 0 Å². The first kappa shape index (κ1) is 20.7. The van der Waals surface area contributed by atoms with Crippen molar-refractivity contribution < 1.29 is 14.0 Å². The SMILES string of the molecule is O=C(Cc1cc(=O)[nH]c(SCC(=O)Nc2cccc(F)c2)n1)NCc1cccs1. The van der Waals surface area contributed by atoms with Crippen LogP contribution in [0.2, 0.25) is 0 Å². The van der Waals surface area contributed by atoms with Crippen molar-refractivity contribution in [2.75, 3.05) is 11.1 Å². The second-order valence-corrected chi connectivity index (χ2v) is 7.92. The summed E-state index contributed by atoms with van der Waals surface area (Å²) in [7, 11) is 0. The highest BCUT2D eigenvalue weighted by Crippen LogP contribution is 2.14. The number of hydrogen-bond donors (Lipinski definition) is 3. The Balaban J connectivity index is 1.53. The van der Waals surface area contributed by atoms with Crippen molar-refractivity contribution in [3.63, 3.8) is 0 Å². The van der Waals surface area contributed by atoms with Gasteiger partial charge in [-0.3, -0.25) is 14.4 Å². The fraction of sp³-hybridized carbons (Fsp3) is 0.158. The zero-order valence-electron chi connectivity index (χ0n) is 15.1. The summed E-state index contributed by atoms with van der Waals surface area (Å²) in [5.41, 5.74) is 0.243. The molecule has 0 saturated carbocycles. The topological polar surface area (TPSA) is 104 Å². The number of anilines is 1. The number of thiophene rings is 1. The predicted octanol–water partition coefficient (Wildman–Crippen LogP) is 2.56. The lowest BCUT2D eigenvalue weighted by atomic mass is 10.3. The van der Waals surface area contributed by atoms with Gasteiger partial charge in [-0.25, -0.2) is 9.37 Å². The number of thioether (sulfide) groups is 1. The summed E-state index contributed by atoms with van der Waals surface area (Å²) in [6.45, 7) is 0.418. The number of rotatable bonds is 8. The van der Waals surface area contributed by atoms with Crippen LogP contribution in [0.15, 0.2) is 57.8 Å². The van der Waals surface area contributed by atoms with E-state index in [9.17, 15) is 18.8 Å². The van der Waals surface area contributed by atoms with Crippen LogP contribution in [0, 0.1) is 5.82 Å². The Kier molecular flexibility index (Phi) is 7.14. The number of aromatic amines is 1. The predicted molar refractivity (Wildman–Crippen MR) is 110 cm³/mol. The third-order valence-electron chi connectivity index (χ3n) is 3.60. The smallest absolute Gasteiger partial charge is 0.251 e. The molecule has 10 heteroatoms. The lowest BCUT2D eigenvalue weighted by Gasteiger charge is -2.06. The van der Waals surface area contributed by atoms with Gasteiger partial charge in [0.2, 0.25) is 11.8 Å². The molecule has 29 heavy (non-hydrogen) atoms. The Morgan fingerprint density at radius 1 is 1.17 bits per heavy atom. The Morgan fingerprint density at radius 3 is 2.79 bits per heavy atom. The summed E-state index contributed by atoms with van der Waals surface area (Å²) in [6, 6.07) is 10.6. The molecule has 0 radical (unpaired) electrons. The van der Waals surface area contributed by atoms with E-state index in [-0.39, 0.29) is 29.1 Å². The standard InChI is InChI=1S/C19H17FN4O3S2/c20-12-3-1-4-13(7-12)22-18(27)11-29-19-23-14(9-17(26)24-19)8-16(25)21-10-15-5-2-6-28-15/h1-7,9H,8,10-11H2,(H,21,25)(H,22,27)(H,23,24,26). The summed E-state index contributed by atoms with van der Waals surface area (Å²) in [5.74, 6) is -1.11. The number of aromatic nitrogens is 2. The number of nitrogens with one attached hydrogen (secondary N) is 3. The monoisotopic (exact) mass is 432 g/mol. The Labute approximate surface area is 173 Å². The molecule has 0 aliphatic heterocycles. The molecular weight excluding hydrogens is 415 g/mol. The van der Waals surface area contributed by atoms with Crippen molar-refractivity contribution in [1.82, 2.24) is 15.3 Å². The molecule has 0 fully saturated rings. The van der Waals surface area contributed by atoms with Crippen molar-refractivity contribution in [2.24, 2.45) is 0 Å². The van der Waals surface area contributed by atoms with E-state index in [0.717, 1.165) is 16.6 Å². The maximum Gasteiger partial charge on any atom is 0.251 e. The molecule has 3 N–H and O–H groups in total. The van der Waals surface area contributed by atoms with Crippen LogP contribution < -0.4 is 16.2 Å². The highest BCUT2D eigenvalue weighted by molar-refractivity contribution is 7.99. The van der Waals surface area contributed by atoms with Gasteiger partial charge in [0.15, 0.2) is 5.16 Å². The number of amides is 2. The van der Waals surface area contributed by atoms with Crippen LogP contribution >= 0.6 is 23.1 Å². The maximum atomic E-state index is 13.2. The zero-order chi connectivity index (χ0) is 20.6. The van der Waals surface area contributed by atoms with E-state index >= 15 is 0 Å². The number of H-pyrrole nitrogens is 1. The van der Waals surface area contributed by atoms with E-state index in [1.807, 2.05) is 17.5 Å². The summed E-state index contributed by atoms with van der Waals surface area (Å²) in [4.78, 5) is 43.7. The number of carbonyl (C=O) groups excluding carboxylic acids is 2. The van der Waals surface area contributed by atoms with Crippen LogP contribution in [0.5, 0.6) is 0 Å². The normalized spacial score (nSPS) is 10.5. The minimum atomic E-state index is -0.452. The third kappa shape index (κ3) is 6.84. The Bertz CT molecular complexity index is 1050. The molecule has 0 saturated heterocycles. The highest BCUT2D eigenvalue weighted by Gasteiger charge is 2.10. The summed E-state index contributed by atoms with van der Waals surface area (Å²) in [6.07, 6.45) is -0.0433. The molecule has 2 heterocycles. The van der Waals surface area contributed by atoms with Crippen LogP contribution in [0.4, 0.5) is 10.1 Å². The van der Waals surface area contributed by atoms with Crippen molar-refractivity contribution in [2.45, 2.75) is 18.1 Å². The molecule has 2 aromatic heterocycles. The Morgan fingerprint density at radius 2 is 2.03 bits per heavy atom. The maximum absolute atomic E-state index is 13.2. The van der Waals surface area contributed by atoms with E-state index in [0.29, 0.717) is 17.9 Å².